The first-order chi connectivity index (χ1) is 12.6. The molecule has 2 aromatic rings. The lowest BCUT2D eigenvalue weighted by Gasteiger charge is -2.33. The Morgan fingerprint density at radius 3 is 2.63 bits per heavy atom. The van der Waals surface area contributed by atoms with Crippen LogP contribution in [0.1, 0.15) is 37.7 Å². The smallest absolute Gasteiger partial charge is 0.333 e. The lowest BCUT2D eigenvalue weighted by atomic mass is 9.90. The van der Waals surface area contributed by atoms with E-state index in [0.29, 0.717) is 17.5 Å². The van der Waals surface area contributed by atoms with Gasteiger partial charge in [0.05, 0.1) is 16.4 Å². The second-order valence-corrected chi connectivity index (χ2v) is 10.2. The molecule has 1 amide bonds. The standard InChI is InChI=1S/C18H16F3NO3S2/c19-18(20,21)17(7-5-11-3-1-2-4-13(11)17)22-16(23)15-9-12-10-27(24,25)8-6-14(12)26-15/h1-4,9H,5-8,10H2,(H,22,23)/t17-/m1/s1. The van der Waals surface area contributed by atoms with Gasteiger partial charge in [0, 0.05) is 4.88 Å². The van der Waals surface area contributed by atoms with Gasteiger partial charge in [-0.15, -0.1) is 11.3 Å². The highest BCUT2D eigenvalue weighted by Gasteiger charge is 2.59. The predicted molar refractivity (Wildman–Crippen MR) is 95.5 cm³/mol. The van der Waals surface area contributed by atoms with Crippen molar-refractivity contribution in [3.05, 3.63) is 56.8 Å². The molecular formula is C18H16F3NO3S2. The van der Waals surface area contributed by atoms with Gasteiger partial charge in [-0.25, -0.2) is 8.42 Å². The Kier molecular flexibility index (Phi) is 4.15. The van der Waals surface area contributed by atoms with Crippen LogP contribution in [0.5, 0.6) is 0 Å². The van der Waals surface area contributed by atoms with Crippen LogP contribution in [0.4, 0.5) is 13.2 Å². The number of amides is 1. The topological polar surface area (TPSA) is 63.2 Å². The molecule has 4 rings (SSSR count). The van der Waals surface area contributed by atoms with Crippen molar-refractivity contribution in [2.45, 2.75) is 36.7 Å². The average Bonchev–Trinajstić information content (AvgIpc) is 3.16. The Balaban J connectivity index is 1.68. The molecule has 1 aromatic heterocycles. The van der Waals surface area contributed by atoms with E-state index in [9.17, 15) is 26.4 Å². The molecule has 1 atom stereocenters. The summed E-state index contributed by atoms with van der Waals surface area (Å²) in [5.41, 5.74) is -1.25. The second kappa shape index (κ2) is 6.07. The predicted octanol–water partition coefficient (Wildman–Crippen LogP) is 3.35. The van der Waals surface area contributed by atoms with E-state index < -0.39 is 27.5 Å². The number of carbonyl (C=O) groups is 1. The minimum atomic E-state index is -4.64. The molecule has 4 nitrogen and oxygen atoms in total. The third-order valence-corrected chi connectivity index (χ3v) is 8.01. The summed E-state index contributed by atoms with van der Waals surface area (Å²) in [5, 5.41) is 2.23. The summed E-state index contributed by atoms with van der Waals surface area (Å²) in [4.78, 5) is 13.6. The molecule has 0 unspecified atom stereocenters. The lowest BCUT2D eigenvalue weighted by Crippen LogP contribution is -2.54. The quantitative estimate of drug-likeness (QED) is 0.818. The number of rotatable bonds is 2. The summed E-state index contributed by atoms with van der Waals surface area (Å²) >= 11 is 1.07. The molecule has 144 valence electrons. The Morgan fingerprint density at radius 2 is 1.89 bits per heavy atom. The van der Waals surface area contributed by atoms with E-state index in [1.165, 1.54) is 18.2 Å². The first kappa shape index (κ1) is 18.5. The second-order valence-electron chi connectivity index (χ2n) is 6.92. The third kappa shape index (κ3) is 3.06. The number of aryl methyl sites for hydroxylation is 2. The molecule has 9 heteroatoms. The van der Waals surface area contributed by atoms with Crippen molar-refractivity contribution in [3.63, 3.8) is 0 Å². The maximum atomic E-state index is 14.0. The molecule has 0 saturated carbocycles. The van der Waals surface area contributed by atoms with Crippen molar-refractivity contribution in [2.24, 2.45) is 0 Å². The number of hydrogen-bond donors (Lipinski definition) is 1. The van der Waals surface area contributed by atoms with Crippen LogP contribution < -0.4 is 5.32 Å². The largest absolute Gasteiger partial charge is 0.415 e. The fourth-order valence-corrected chi connectivity index (χ4v) is 6.52. The molecule has 0 radical (unpaired) electrons. The summed E-state index contributed by atoms with van der Waals surface area (Å²) in [6, 6.07) is 7.68. The Morgan fingerprint density at radius 1 is 1.15 bits per heavy atom. The van der Waals surface area contributed by atoms with Gasteiger partial charge < -0.3 is 5.32 Å². The monoisotopic (exact) mass is 415 g/mol. The van der Waals surface area contributed by atoms with Gasteiger partial charge in [-0.2, -0.15) is 13.2 Å². The van der Waals surface area contributed by atoms with Crippen LogP contribution in [0.25, 0.3) is 0 Å². The number of alkyl halides is 3. The average molecular weight is 415 g/mol. The summed E-state index contributed by atoms with van der Waals surface area (Å²) in [5.74, 6) is -0.985. The number of thiophene rings is 1. The van der Waals surface area contributed by atoms with Crippen LogP contribution in [-0.2, 0) is 34.0 Å². The number of benzene rings is 1. The van der Waals surface area contributed by atoms with Crippen molar-refractivity contribution < 1.29 is 26.4 Å². The zero-order valence-corrected chi connectivity index (χ0v) is 15.7. The molecule has 0 spiro atoms. The number of carbonyl (C=O) groups excluding carboxylic acids is 1. The summed E-state index contributed by atoms with van der Waals surface area (Å²) < 4.78 is 65.5. The number of halogens is 3. The zero-order chi connectivity index (χ0) is 19.4. The van der Waals surface area contributed by atoms with Gasteiger partial charge >= 0.3 is 6.18 Å². The van der Waals surface area contributed by atoms with Crippen LogP contribution in [0.2, 0.25) is 0 Å². The minimum Gasteiger partial charge on any atom is -0.333 e. The fraction of sp³-hybridized carbons (Fsp3) is 0.389. The van der Waals surface area contributed by atoms with E-state index in [2.05, 4.69) is 5.32 Å². The van der Waals surface area contributed by atoms with E-state index in [1.54, 1.807) is 12.1 Å². The Labute approximate surface area is 158 Å². The van der Waals surface area contributed by atoms with E-state index in [-0.39, 0.29) is 34.8 Å². The number of hydrogen-bond acceptors (Lipinski definition) is 4. The molecule has 0 bridgehead atoms. The van der Waals surface area contributed by atoms with Gasteiger partial charge in [0.15, 0.2) is 15.4 Å². The van der Waals surface area contributed by atoms with E-state index >= 15 is 0 Å². The van der Waals surface area contributed by atoms with Crippen molar-refractivity contribution in [1.82, 2.24) is 5.32 Å². The summed E-state index contributed by atoms with van der Waals surface area (Å²) in [6.45, 7) is 0. The van der Waals surface area contributed by atoms with Gasteiger partial charge in [-0.1, -0.05) is 24.3 Å². The van der Waals surface area contributed by atoms with Gasteiger partial charge in [0.1, 0.15) is 0 Å². The first-order valence-electron chi connectivity index (χ1n) is 8.41. The normalized spacial score (nSPS) is 23.5. The fourth-order valence-electron chi connectivity index (χ4n) is 3.83. The highest BCUT2D eigenvalue weighted by Crippen LogP contribution is 2.48. The van der Waals surface area contributed by atoms with Gasteiger partial charge in [-0.05, 0) is 42.0 Å². The van der Waals surface area contributed by atoms with Crippen LogP contribution in [0.3, 0.4) is 0 Å². The number of sulfone groups is 1. The maximum absolute atomic E-state index is 14.0. The summed E-state index contributed by atoms with van der Waals surface area (Å²) in [6.07, 6.45) is -4.37. The Bertz CT molecular complexity index is 1030. The van der Waals surface area contributed by atoms with Crippen LogP contribution in [0.15, 0.2) is 30.3 Å². The zero-order valence-electron chi connectivity index (χ0n) is 14.1. The molecule has 2 aliphatic rings. The highest BCUT2D eigenvalue weighted by molar-refractivity contribution is 7.90. The van der Waals surface area contributed by atoms with Crippen LogP contribution in [-0.4, -0.2) is 26.3 Å². The summed E-state index contributed by atoms with van der Waals surface area (Å²) in [7, 11) is -3.21. The Hall–Kier alpha value is -1.87. The maximum Gasteiger partial charge on any atom is 0.415 e. The molecule has 27 heavy (non-hydrogen) atoms. The van der Waals surface area contributed by atoms with Crippen molar-refractivity contribution >= 4 is 27.1 Å². The van der Waals surface area contributed by atoms with E-state index in [4.69, 9.17) is 0 Å². The number of fused-ring (bicyclic) bond motifs is 2. The molecule has 0 saturated heterocycles. The first-order valence-corrected chi connectivity index (χ1v) is 11.0. The molecule has 2 heterocycles. The molecular weight excluding hydrogens is 399 g/mol. The van der Waals surface area contributed by atoms with Crippen molar-refractivity contribution in [1.29, 1.82) is 0 Å². The minimum absolute atomic E-state index is 0.00142. The van der Waals surface area contributed by atoms with E-state index in [0.717, 1.165) is 16.2 Å². The molecule has 1 aromatic carbocycles. The van der Waals surface area contributed by atoms with Gasteiger partial charge in [-0.3, -0.25) is 4.79 Å². The highest BCUT2D eigenvalue weighted by atomic mass is 32.2. The van der Waals surface area contributed by atoms with Crippen molar-refractivity contribution in [3.8, 4) is 0 Å². The molecule has 1 aliphatic carbocycles. The van der Waals surface area contributed by atoms with E-state index in [1.807, 2.05) is 0 Å². The molecule has 1 N–H and O–H groups in total. The van der Waals surface area contributed by atoms with Crippen molar-refractivity contribution in [2.75, 3.05) is 5.75 Å². The number of nitrogens with one attached hydrogen (secondary N) is 1. The van der Waals surface area contributed by atoms with Gasteiger partial charge in [0.2, 0.25) is 0 Å². The van der Waals surface area contributed by atoms with Crippen LogP contribution >= 0.6 is 11.3 Å². The third-order valence-electron chi connectivity index (χ3n) is 5.19. The molecule has 0 fully saturated rings. The lowest BCUT2D eigenvalue weighted by molar-refractivity contribution is -0.197. The van der Waals surface area contributed by atoms with Gasteiger partial charge in [0.25, 0.3) is 5.91 Å². The molecule has 1 aliphatic heterocycles. The SMILES string of the molecule is O=C(N[C@]1(C(F)(F)F)CCc2ccccc21)c1cc2c(s1)CCS(=O)(=O)C2. The van der Waals surface area contributed by atoms with Crippen LogP contribution in [0, 0.1) is 0 Å².